The van der Waals surface area contributed by atoms with Crippen LogP contribution in [0.1, 0.15) is 6.92 Å². The molecule has 0 unspecified atom stereocenters. The number of nitrogens with zero attached hydrogens (tertiary/aromatic N) is 1. The summed E-state index contributed by atoms with van der Waals surface area (Å²) in [6.45, 7) is 1.86. The van der Waals surface area contributed by atoms with Gasteiger partial charge in [-0.25, -0.2) is 4.79 Å². The molecule has 0 radical (unpaired) electrons. The summed E-state index contributed by atoms with van der Waals surface area (Å²) >= 11 is 7.24. The molecule has 0 saturated heterocycles. The quantitative estimate of drug-likeness (QED) is 0.375. The van der Waals surface area contributed by atoms with Crippen molar-refractivity contribution in [2.75, 3.05) is 12.4 Å². The lowest BCUT2D eigenvalue weighted by atomic mass is 10.5. The van der Waals surface area contributed by atoms with Gasteiger partial charge in [0.15, 0.2) is 8.29 Å². The Labute approximate surface area is 99.2 Å². The number of thioether (sulfide) groups is 1. The summed E-state index contributed by atoms with van der Waals surface area (Å²) in [6.07, 6.45) is 0. The average Bonchev–Trinajstić information content (AvgIpc) is 2.61. The lowest BCUT2D eigenvalue weighted by Gasteiger charge is -1.98. The number of Topliss-reactive ketones (excluding diaryl/α,β-unsaturated/α-hetero) is 1. The number of carbonyl (C=O) groups excluding carboxylic acids is 2. The maximum Gasteiger partial charge on any atom is 0.375 e. The van der Waals surface area contributed by atoms with Crippen LogP contribution in [-0.2, 0) is 14.3 Å². The Morgan fingerprint density at radius 1 is 1.67 bits per heavy atom. The van der Waals surface area contributed by atoms with Gasteiger partial charge in [-0.3, -0.25) is 9.89 Å². The summed E-state index contributed by atoms with van der Waals surface area (Å²) in [6, 6.07) is 0. The molecule has 0 aliphatic carbocycles. The van der Waals surface area contributed by atoms with E-state index in [4.69, 9.17) is 12.2 Å². The van der Waals surface area contributed by atoms with Crippen molar-refractivity contribution in [3.05, 3.63) is 3.95 Å². The predicted octanol–water partition coefficient (Wildman–Crippen LogP) is 1.42. The maximum atomic E-state index is 11.2. The van der Waals surface area contributed by atoms with E-state index < -0.39 is 11.8 Å². The summed E-state index contributed by atoms with van der Waals surface area (Å²) in [5.74, 6) is -1.35. The van der Waals surface area contributed by atoms with E-state index in [2.05, 4.69) is 14.9 Å². The predicted molar refractivity (Wildman–Crippen MR) is 59.7 cm³/mol. The molecule has 1 aromatic rings. The highest BCUT2D eigenvalue weighted by molar-refractivity contribution is 8.01. The highest BCUT2D eigenvalue weighted by atomic mass is 32.2. The molecule has 82 valence electrons. The smallest absolute Gasteiger partial charge is 0.375 e. The van der Waals surface area contributed by atoms with Crippen molar-refractivity contribution < 1.29 is 14.3 Å². The normalized spacial score (nSPS) is 9.93. The second kappa shape index (κ2) is 5.99. The van der Waals surface area contributed by atoms with E-state index in [9.17, 15) is 9.59 Å². The van der Waals surface area contributed by atoms with Gasteiger partial charge < -0.3 is 4.74 Å². The summed E-state index contributed by atoms with van der Waals surface area (Å²) in [5.41, 5.74) is 0. The zero-order valence-electron chi connectivity index (χ0n) is 7.81. The third kappa shape index (κ3) is 4.10. The Hall–Kier alpha value is -0.730. The fourth-order valence-corrected chi connectivity index (χ4v) is 2.60. The van der Waals surface area contributed by atoms with Crippen molar-refractivity contribution in [3.63, 3.8) is 0 Å². The first-order chi connectivity index (χ1) is 7.13. The molecule has 0 bridgehead atoms. The van der Waals surface area contributed by atoms with Gasteiger partial charge in [0.1, 0.15) is 0 Å². The second-order valence-corrected chi connectivity index (χ2v) is 5.20. The number of carbonyl (C=O) groups is 2. The minimum absolute atomic E-state index is 0.0228. The molecule has 8 heteroatoms. The van der Waals surface area contributed by atoms with Crippen LogP contribution >= 0.6 is 35.3 Å². The summed E-state index contributed by atoms with van der Waals surface area (Å²) in [7, 11) is 0. The molecule has 1 aromatic heterocycles. The minimum atomic E-state index is -0.802. The number of hydrogen-bond donors (Lipinski definition) is 1. The molecule has 1 N–H and O–H groups in total. The van der Waals surface area contributed by atoms with Crippen molar-refractivity contribution >= 4 is 47.1 Å². The Balaban J connectivity index is 2.40. The SMILES string of the molecule is CCOC(=O)C(=O)CSc1n[nH]c(=S)s1. The van der Waals surface area contributed by atoms with Gasteiger partial charge in [0.25, 0.3) is 0 Å². The number of ketones is 1. The monoisotopic (exact) mass is 264 g/mol. The lowest BCUT2D eigenvalue weighted by Crippen LogP contribution is -2.19. The second-order valence-electron chi connectivity index (χ2n) is 2.31. The van der Waals surface area contributed by atoms with Gasteiger partial charge in [-0.05, 0) is 19.1 Å². The van der Waals surface area contributed by atoms with Crippen LogP contribution in [0.5, 0.6) is 0 Å². The molecular weight excluding hydrogens is 256 g/mol. The molecule has 0 amide bonds. The molecule has 0 spiro atoms. The highest BCUT2D eigenvalue weighted by Crippen LogP contribution is 2.19. The van der Waals surface area contributed by atoms with E-state index >= 15 is 0 Å². The van der Waals surface area contributed by atoms with E-state index in [-0.39, 0.29) is 12.4 Å². The van der Waals surface area contributed by atoms with Crippen LogP contribution in [0.25, 0.3) is 0 Å². The standard InChI is InChI=1S/C7H8N2O3S3/c1-2-12-5(11)4(10)3-14-7-9-8-6(13)15-7/h2-3H2,1H3,(H,8,13). The third-order valence-corrected chi connectivity index (χ3v) is 3.48. The summed E-state index contributed by atoms with van der Waals surface area (Å²) in [5, 5.41) is 6.42. The van der Waals surface area contributed by atoms with Crippen molar-refractivity contribution in [2.24, 2.45) is 0 Å². The van der Waals surface area contributed by atoms with E-state index in [0.29, 0.717) is 8.29 Å². The Kier molecular flexibility index (Phi) is 4.92. The van der Waals surface area contributed by atoms with Crippen LogP contribution in [0.3, 0.4) is 0 Å². The number of esters is 1. The molecule has 0 aromatic carbocycles. The fourth-order valence-electron chi connectivity index (χ4n) is 0.676. The van der Waals surface area contributed by atoms with Gasteiger partial charge in [-0.1, -0.05) is 23.1 Å². The van der Waals surface area contributed by atoms with Crippen LogP contribution in [0.2, 0.25) is 0 Å². The van der Waals surface area contributed by atoms with Crippen LogP contribution in [0, 0.1) is 3.95 Å². The summed E-state index contributed by atoms with van der Waals surface area (Å²) < 4.78 is 5.73. The number of rotatable bonds is 5. The molecule has 0 atom stereocenters. The maximum absolute atomic E-state index is 11.2. The Morgan fingerprint density at radius 2 is 2.40 bits per heavy atom. The molecule has 15 heavy (non-hydrogen) atoms. The van der Waals surface area contributed by atoms with Gasteiger partial charge in [-0.2, -0.15) is 5.10 Å². The summed E-state index contributed by atoms with van der Waals surface area (Å²) in [4.78, 5) is 22.1. The van der Waals surface area contributed by atoms with E-state index in [1.165, 1.54) is 11.3 Å². The van der Waals surface area contributed by atoms with Crippen LogP contribution in [0.4, 0.5) is 0 Å². The largest absolute Gasteiger partial charge is 0.460 e. The number of nitrogens with one attached hydrogen (secondary N) is 1. The van der Waals surface area contributed by atoms with E-state index in [1.807, 2.05) is 0 Å². The van der Waals surface area contributed by atoms with E-state index in [1.54, 1.807) is 6.92 Å². The van der Waals surface area contributed by atoms with Crippen LogP contribution in [0.15, 0.2) is 4.34 Å². The number of aromatic amines is 1. The lowest BCUT2D eigenvalue weighted by molar-refractivity contribution is -0.152. The van der Waals surface area contributed by atoms with Crippen molar-refractivity contribution in [1.29, 1.82) is 0 Å². The van der Waals surface area contributed by atoms with Gasteiger partial charge in [-0.15, -0.1) is 0 Å². The van der Waals surface area contributed by atoms with Crippen LogP contribution < -0.4 is 0 Å². The van der Waals surface area contributed by atoms with E-state index in [0.717, 1.165) is 11.8 Å². The van der Waals surface area contributed by atoms with Gasteiger partial charge in [0.2, 0.25) is 5.78 Å². The Bertz CT molecular complexity index is 412. The molecular formula is C7H8N2O3S3. The first kappa shape index (κ1) is 12.3. The van der Waals surface area contributed by atoms with Gasteiger partial charge in [0.05, 0.1) is 12.4 Å². The highest BCUT2D eigenvalue weighted by Gasteiger charge is 2.15. The van der Waals surface area contributed by atoms with Crippen molar-refractivity contribution in [1.82, 2.24) is 10.2 Å². The molecule has 0 aliphatic rings. The minimum Gasteiger partial charge on any atom is -0.460 e. The third-order valence-electron chi connectivity index (χ3n) is 1.25. The van der Waals surface area contributed by atoms with Crippen molar-refractivity contribution in [3.8, 4) is 0 Å². The van der Waals surface area contributed by atoms with Gasteiger partial charge in [0, 0.05) is 0 Å². The number of H-pyrrole nitrogens is 1. The molecule has 1 heterocycles. The molecule has 0 saturated carbocycles. The zero-order valence-corrected chi connectivity index (χ0v) is 10.3. The zero-order chi connectivity index (χ0) is 11.3. The first-order valence-electron chi connectivity index (χ1n) is 4.01. The molecule has 0 fully saturated rings. The number of ether oxygens (including phenoxy) is 1. The van der Waals surface area contributed by atoms with Crippen molar-refractivity contribution in [2.45, 2.75) is 11.3 Å². The fraction of sp³-hybridized carbons (Fsp3) is 0.429. The average molecular weight is 264 g/mol. The topological polar surface area (TPSA) is 72.1 Å². The molecule has 5 nitrogen and oxygen atoms in total. The Morgan fingerprint density at radius 3 is 2.93 bits per heavy atom. The molecule has 1 rings (SSSR count). The number of hydrogen-bond acceptors (Lipinski definition) is 7. The molecule has 0 aliphatic heterocycles. The van der Waals surface area contributed by atoms with Gasteiger partial charge >= 0.3 is 5.97 Å². The van der Waals surface area contributed by atoms with Crippen LogP contribution in [-0.4, -0.2) is 34.3 Å². The number of aromatic nitrogens is 2. The first-order valence-corrected chi connectivity index (χ1v) is 6.22.